The summed E-state index contributed by atoms with van der Waals surface area (Å²) in [6, 6.07) is 6.67. The van der Waals surface area contributed by atoms with Crippen molar-refractivity contribution >= 4 is 39.9 Å². The van der Waals surface area contributed by atoms with Crippen LogP contribution in [0.4, 0.5) is 4.79 Å². The van der Waals surface area contributed by atoms with Gasteiger partial charge in [-0.2, -0.15) is 0 Å². The van der Waals surface area contributed by atoms with Crippen molar-refractivity contribution in [2.24, 2.45) is 0 Å². The lowest BCUT2D eigenvalue weighted by Crippen LogP contribution is -2.44. The quantitative estimate of drug-likeness (QED) is 0.584. The molecule has 124 valence electrons. The number of rotatable bonds is 6. The average Bonchev–Trinajstić information content (AvgIpc) is 2.52. The zero-order valence-corrected chi connectivity index (χ0v) is 14.6. The van der Waals surface area contributed by atoms with Gasteiger partial charge in [0.15, 0.2) is 6.61 Å². The number of carbonyl (C=O) groups is 3. The normalized spacial score (nSPS) is 11.8. The largest absolute Gasteiger partial charge is 0.452 e. The number of urea groups is 1. The highest BCUT2D eigenvalue weighted by Crippen LogP contribution is 2.11. The molecule has 7 heteroatoms. The number of esters is 1. The van der Waals surface area contributed by atoms with Crippen LogP contribution in [0.25, 0.3) is 6.08 Å². The van der Waals surface area contributed by atoms with Gasteiger partial charge in [-0.25, -0.2) is 9.59 Å². The van der Waals surface area contributed by atoms with Gasteiger partial charge in [0.1, 0.15) is 0 Å². The van der Waals surface area contributed by atoms with Gasteiger partial charge in [0, 0.05) is 16.6 Å². The SMILES string of the molecule is CC[C@@H](C)NC(=O)NC(=O)COC(=O)/C=C/c1ccc(Br)cc1. The van der Waals surface area contributed by atoms with Crippen molar-refractivity contribution < 1.29 is 19.1 Å². The molecule has 1 rings (SSSR count). The second-order valence-electron chi connectivity index (χ2n) is 4.82. The highest BCUT2D eigenvalue weighted by Gasteiger charge is 2.11. The Bertz CT molecular complexity index is 584. The second kappa shape index (κ2) is 9.78. The van der Waals surface area contributed by atoms with E-state index in [0.717, 1.165) is 16.5 Å². The molecule has 0 radical (unpaired) electrons. The number of hydrogen-bond acceptors (Lipinski definition) is 4. The van der Waals surface area contributed by atoms with Crippen molar-refractivity contribution in [2.45, 2.75) is 26.3 Å². The lowest BCUT2D eigenvalue weighted by Gasteiger charge is -2.11. The van der Waals surface area contributed by atoms with E-state index in [1.807, 2.05) is 38.1 Å². The number of nitrogens with one attached hydrogen (secondary N) is 2. The van der Waals surface area contributed by atoms with E-state index in [0.29, 0.717) is 0 Å². The summed E-state index contributed by atoms with van der Waals surface area (Å²) in [5.74, 6) is -1.35. The standard InChI is InChI=1S/C16H19BrN2O4/c1-3-11(2)18-16(22)19-14(20)10-23-15(21)9-6-12-4-7-13(17)8-5-12/h4-9,11H,3,10H2,1-2H3,(H2,18,19,20,22)/b9-6+/t11-/m1/s1. The minimum Gasteiger partial charge on any atom is -0.452 e. The summed E-state index contributed by atoms with van der Waals surface area (Å²) in [5, 5.41) is 4.66. The third-order valence-electron chi connectivity index (χ3n) is 2.87. The summed E-state index contributed by atoms with van der Waals surface area (Å²) < 4.78 is 5.69. The highest BCUT2D eigenvalue weighted by atomic mass is 79.9. The molecule has 0 heterocycles. The number of imide groups is 1. The molecule has 3 amide bonds. The Hall–Kier alpha value is -2.15. The van der Waals surface area contributed by atoms with Gasteiger partial charge >= 0.3 is 12.0 Å². The lowest BCUT2D eigenvalue weighted by atomic mass is 10.2. The first-order valence-electron chi connectivity index (χ1n) is 7.11. The molecule has 23 heavy (non-hydrogen) atoms. The third-order valence-corrected chi connectivity index (χ3v) is 3.40. The first-order chi connectivity index (χ1) is 10.9. The van der Waals surface area contributed by atoms with Crippen LogP contribution in [0.2, 0.25) is 0 Å². The van der Waals surface area contributed by atoms with Gasteiger partial charge in [-0.1, -0.05) is 35.0 Å². The van der Waals surface area contributed by atoms with Crippen molar-refractivity contribution in [3.8, 4) is 0 Å². The van der Waals surface area contributed by atoms with Gasteiger partial charge in [0.25, 0.3) is 5.91 Å². The molecular weight excluding hydrogens is 364 g/mol. The van der Waals surface area contributed by atoms with Crippen molar-refractivity contribution in [1.82, 2.24) is 10.6 Å². The molecule has 0 fully saturated rings. The molecule has 0 aliphatic carbocycles. The summed E-state index contributed by atoms with van der Waals surface area (Å²) in [4.78, 5) is 34.4. The molecule has 0 aliphatic rings. The van der Waals surface area contributed by atoms with E-state index in [1.54, 1.807) is 6.08 Å². The molecule has 0 aliphatic heterocycles. The van der Waals surface area contributed by atoms with Gasteiger partial charge in [-0.3, -0.25) is 10.1 Å². The predicted molar refractivity (Wildman–Crippen MR) is 90.6 cm³/mol. The topological polar surface area (TPSA) is 84.5 Å². The van der Waals surface area contributed by atoms with E-state index in [1.165, 1.54) is 6.08 Å². The van der Waals surface area contributed by atoms with Crippen LogP contribution in [0.3, 0.4) is 0 Å². The van der Waals surface area contributed by atoms with Crippen LogP contribution in [0.15, 0.2) is 34.8 Å². The molecular formula is C16H19BrN2O4. The van der Waals surface area contributed by atoms with E-state index in [4.69, 9.17) is 4.74 Å². The maximum Gasteiger partial charge on any atom is 0.331 e. The smallest absolute Gasteiger partial charge is 0.331 e. The molecule has 0 unspecified atom stereocenters. The summed E-state index contributed by atoms with van der Waals surface area (Å²) in [6.45, 7) is 3.21. The minimum atomic E-state index is -0.684. The van der Waals surface area contributed by atoms with E-state index < -0.39 is 24.5 Å². The van der Waals surface area contributed by atoms with Gasteiger partial charge in [0.05, 0.1) is 0 Å². The number of halogens is 1. The first kappa shape index (κ1) is 18.9. The maximum absolute atomic E-state index is 11.5. The molecule has 2 N–H and O–H groups in total. The van der Waals surface area contributed by atoms with E-state index in [9.17, 15) is 14.4 Å². The van der Waals surface area contributed by atoms with Crippen LogP contribution in [0.5, 0.6) is 0 Å². The van der Waals surface area contributed by atoms with Crippen LogP contribution in [0, 0.1) is 0 Å². The Kier molecular flexibility index (Phi) is 8.04. The van der Waals surface area contributed by atoms with Crippen LogP contribution in [-0.4, -0.2) is 30.6 Å². The van der Waals surface area contributed by atoms with Crippen LogP contribution in [0.1, 0.15) is 25.8 Å². The van der Waals surface area contributed by atoms with Crippen molar-refractivity contribution in [2.75, 3.05) is 6.61 Å². The van der Waals surface area contributed by atoms with Gasteiger partial charge in [-0.15, -0.1) is 0 Å². The Labute approximate surface area is 143 Å². The zero-order chi connectivity index (χ0) is 17.2. The van der Waals surface area contributed by atoms with E-state index >= 15 is 0 Å². The van der Waals surface area contributed by atoms with Crippen molar-refractivity contribution in [3.05, 3.63) is 40.4 Å². The Morgan fingerprint density at radius 3 is 2.52 bits per heavy atom. The summed E-state index contributed by atoms with van der Waals surface area (Å²) >= 11 is 3.31. The summed E-state index contributed by atoms with van der Waals surface area (Å²) in [5.41, 5.74) is 0.822. The minimum absolute atomic E-state index is 0.0424. The monoisotopic (exact) mass is 382 g/mol. The molecule has 0 spiro atoms. The summed E-state index contributed by atoms with van der Waals surface area (Å²) in [7, 11) is 0. The Morgan fingerprint density at radius 2 is 1.91 bits per heavy atom. The zero-order valence-electron chi connectivity index (χ0n) is 13.0. The Morgan fingerprint density at radius 1 is 1.26 bits per heavy atom. The number of benzene rings is 1. The second-order valence-corrected chi connectivity index (χ2v) is 5.74. The van der Waals surface area contributed by atoms with Crippen LogP contribution < -0.4 is 10.6 Å². The molecule has 1 atom stereocenters. The molecule has 0 saturated carbocycles. The lowest BCUT2D eigenvalue weighted by molar-refractivity contribution is -0.143. The highest BCUT2D eigenvalue weighted by molar-refractivity contribution is 9.10. The fourth-order valence-corrected chi connectivity index (χ4v) is 1.71. The van der Waals surface area contributed by atoms with Gasteiger partial charge in [-0.05, 0) is 37.1 Å². The number of ether oxygens (including phenoxy) is 1. The molecule has 0 saturated heterocycles. The van der Waals surface area contributed by atoms with Crippen molar-refractivity contribution in [1.29, 1.82) is 0 Å². The molecule has 1 aromatic rings. The average molecular weight is 383 g/mol. The fourth-order valence-electron chi connectivity index (χ4n) is 1.45. The maximum atomic E-state index is 11.5. The Balaban J connectivity index is 2.33. The van der Waals surface area contributed by atoms with Crippen molar-refractivity contribution in [3.63, 3.8) is 0 Å². The van der Waals surface area contributed by atoms with Crippen LogP contribution in [-0.2, 0) is 14.3 Å². The van der Waals surface area contributed by atoms with E-state index in [-0.39, 0.29) is 6.04 Å². The predicted octanol–water partition coefficient (Wildman–Crippen LogP) is 2.63. The molecule has 1 aromatic carbocycles. The number of amides is 3. The van der Waals surface area contributed by atoms with Crippen LogP contribution >= 0.6 is 15.9 Å². The number of hydrogen-bond donors (Lipinski definition) is 2. The van der Waals surface area contributed by atoms with E-state index in [2.05, 4.69) is 26.6 Å². The first-order valence-corrected chi connectivity index (χ1v) is 7.90. The summed E-state index contributed by atoms with van der Waals surface area (Å²) in [6.07, 6.45) is 3.54. The van der Waals surface area contributed by atoms with Gasteiger partial charge in [0.2, 0.25) is 0 Å². The molecule has 0 bridgehead atoms. The van der Waals surface area contributed by atoms with Gasteiger partial charge < -0.3 is 10.1 Å². The fraction of sp³-hybridized carbons (Fsp3) is 0.312. The molecule has 0 aromatic heterocycles. The molecule has 6 nitrogen and oxygen atoms in total. The third kappa shape index (κ3) is 8.15. The number of carbonyl (C=O) groups excluding carboxylic acids is 3.